The van der Waals surface area contributed by atoms with Crippen LogP contribution in [0.4, 0.5) is 5.82 Å². The Bertz CT molecular complexity index is 1120. The fourth-order valence-corrected chi connectivity index (χ4v) is 4.08. The number of carbonyl (C=O) groups is 3. The number of para-hydroxylation sites is 1. The average Bonchev–Trinajstić information content (AvgIpc) is 3.07. The zero-order chi connectivity index (χ0) is 23.1. The highest BCUT2D eigenvalue weighted by Gasteiger charge is 2.58. The molecule has 31 heavy (non-hydrogen) atoms. The third kappa shape index (κ3) is 3.36. The van der Waals surface area contributed by atoms with E-state index in [1.807, 2.05) is 20.8 Å². The molecule has 3 rings (SSSR count). The molecule has 2 N–H and O–H groups in total. The average molecular weight is 423 g/mol. The Hall–Kier alpha value is -3.60. The first-order valence-electron chi connectivity index (χ1n) is 9.95. The number of fused-ring (bicyclic) bond motifs is 1. The number of esters is 1. The standard InChI is InChI=1S/C23H25N3O5/c1-6-31-21(30)23(5)16-13(11-24)12-26(22(2,3)4)19(16)25-20(29)17(23)18(28)14-9-7-8-10-15(14)27/h7-10,12,17,27H,6H2,1-5H3,(H,25,29)/t17-,23+/m1/s1. The number of anilines is 1. The van der Waals surface area contributed by atoms with Crippen LogP contribution in [-0.2, 0) is 25.3 Å². The SMILES string of the molecule is CCOC(=O)[C@@]1(C)c2c(C#N)cn(C(C)(C)C)c2NC(=O)[C@H]1C(=O)c1ccccc1O. The van der Waals surface area contributed by atoms with Crippen LogP contribution in [0.2, 0.25) is 0 Å². The molecule has 2 atom stereocenters. The summed E-state index contributed by atoms with van der Waals surface area (Å²) in [5, 5.41) is 22.7. The van der Waals surface area contributed by atoms with E-state index in [-0.39, 0.29) is 34.9 Å². The van der Waals surface area contributed by atoms with Crippen LogP contribution < -0.4 is 5.32 Å². The summed E-state index contributed by atoms with van der Waals surface area (Å²) in [6, 6.07) is 7.90. The summed E-state index contributed by atoms with van der Waals surface area (Å²) in [5.41, 5.74) is -1.98. The molecule has 0 saturated heterocycles. The number of phenolic OH excluding ortho intramolecular Hbond substituents is 1. The fraction of sp³-hybridized carbons (Fsp3) is 0.391. The highest BCUT2D eigenvalue weighted by Crippen LogP contribution is 2.48. The van der Waals surface area contributed by atoms with E-state index in [1.54, 1.807) is 29.8 Å². The summed E-state index contributed by atoms with van der Waals surface area (Å²) in [6.07, 6.45) is 1.56. The number of rotatable bonds is 4. The second-order valence-electron chi connectivity index (χ2n) is 8.65. The summed E-state index contributed by atoms with van der Waals surface area (Å²) >= 11 is 0. The van der Waals surface area contributed by atoms with Gasteiger partial charge in [-0.05, 0) is 46.8 Å². The first-order chi connectivity index (χ1) is 14.5. The van der Waals surface area contributed by atoms with Crippen molar-refractivity contribution in [2.75, 3.05) is 11.9 Å². The molecule has 1 aromatic heterocycles. The number of aromatic hydroxyl groups is 1. The molecule has 8 nitrogen and oxygen atoms in total. The number of phenols is 1. The molecule has 0 unspecified atom stereocenters. The van der Waals surface area contributed by atoms with E-state index >= 15 is 0 Å². The number of Topliss-reactive ketones (excluding diaryl/α,β-unsaturated/α-hetero) is 1. The molecule has 0 fully saturated rings. The molecular weight excluding hydrogens is 398 g/mol. The monoisotopic (exact) mass is 423 g/mol. The lowest BCUT2D eigenvalue weighted by Crippen LogP contribution is -2.54. The number of nitrogens with zero attached hydrogens (tertiary/aromatic N) is 2. The molecule has 8 heteroatoms. The predicted molar refractivity (Wildman–Crippen MR) is 113 cm³/mol. The summed E-state index contributed by atoms with van der Waals surface area (Å²) in [4.78, 5) is 40.0. The molecule has 0 aliphatic carbocycles. The molecule has 1 amide bonds. The van der Waals surface area contributed by atoms with Gasteiger partial charge in [-0.2, -0.15) is 5.26 Å². The Balaban J connectivity index is 2.33. The normalized spacial score (nSPS) is 20.4. The summed E-state index contributed by atoms with van der Waals surface area (Å²) in [6.45, 7) is 8.77. The van der Waals surface area contributed by atoms with Crippen molar-refractivity contribution in [3.8, 4) is 11.8 Å². The van der Waals surface area contributed by atoms with Gasteiger partial charge in [-0.1, -0.05) is 12.1 Å². The molecule has 0 saturated carbocycles. The largest absolute Gasteiger partial charge is 0.507 e. The number of hydrogen-bond donors (Lipinski definition) is 2. The Morgan fingerprint density at radius 3 is 2.52 bits per heavy atom. The quantitative estimate of drug-likeness (QED) is 0.443. The van der Waals surface area contributed by atoms with Gasteiger partial charge in [-0.25, -0.2) is 0 Å². The molecule has 2 aromatic rings. The third-order valence-electron chi connectivity index (χ3n) is 5.58. The number of ketones is 1. The minimum atomic E-state index is -1.77. The van der Waals surface area contributed by atoms with Gasteiger partial charge in [0.25, 0.3) is 0 Å². The molecular formula is C23H25N3O5. The predicted octanol–water partition coefficient (Wildman–Crippen LogP) is 3.09. The summed E-state index contributed by atoms with van der Waals surface area (Å²) in [7, 11) is 0. The van der Waals surface area contributed by atoms with Gasteiger partial charge in [0.1, 0.15) is 29.0 Å². The number of hydrogen-bond acceptors (Lipinski definition) is 6. The number of nitrogens with one attached hydrogen (secondary N) is 1. The first-order valence-corrected chi connectivity index (χ1v) is 9.95. The van der Waals surface area contributed by atoms with Gasteiger partial charge in [0.05, 0.1) is 17.7 Å². The second kappa shape index (κ2) is 7.58. The van der Waals surface area contributed by atoms with Gasteiger partial charge in [0.15, 0.2) is 5.78 Å². The number of nitriles is 1. The van der Waals surface area contributed by atoms with Gasteiger partial charge in [-0.15, -0.1) is 0 Å². The number of benzene rings is 1. The van der Waals surface area contributed by atoms with Crippen molar-refractivity contribution in [3.63, 3.8) is 0 Å². The second-order valence-corrected chi connectivity index (χ2v) is 8.65. The van der Waals surface area contributed by atoms with Crippen molar-refractivity contribution in [3.05, 3.63) is 47.2 Å². The number of ether oxygens (including phenoxy) is 1. The van der Waals surface area contributed by atoms with Gasteiger partial charge >= 0.3 is 5.97 Å². The van der Waals surface area contributed by atoms with E-state index in [1.165, 1.54) is 19.1 Å². The minimum Gasteiger partial charge on any atom is -0.507 e. The van der Waals surface area contributed by atoms with E-state index in [9.17, 15) is 24.8 Å². The van der Waals surface area contributed by atoms with Crippen molar-refractivity contribution in [1.82, 2.24) is 4.57 Å². The van der Waals surface area contributed by atoms with Gasteiger partial charge < -0.3 is 19.7 Å². The van der Waals surface area contributed by atoms with Crippen molar-refractivity contribution in [1.29, 1.82) is 5.26 Å². The van der Waals surface area contributed by atoms with Crippen LogP contribution in [0.5, 0.6) is 5.75 Å². The highest BCUT2D eigenvalue weighted by molar-refractivity contribution is 6.20. The highest BCUT2D eigenvalue weighted by atomic mass is 16.5. The molecule has 162 valence electrons. The number of carbonyl (C=O) groups excluding carboxylic acids is 3. The first kappa shape index (κ1) is 22.1. The third-order valence-corrected chi connectivity index (χ3v) is 5.58. The van der Waals surface area contributed by atoms with E-state index in [2.05, 4.69) is 11.4 Å². The van der Waals surface area contributed by atoms with E-state index in [0.29, 0.717) is 0 Å². The van der Waals surface area contributed by atoms with E-state index < -0.39 is 34.5 Å². The van der Waals surface area contributed by atoms with Crippen molar-refractivity contribution < 1.29 is 24.2 Å². The van der Waals surface area contributed by atoms with Crippen LogP contribution in [0.25, 0.3) is 0 Å². The van der Waals surface area contributed by atoms with Gasteiger partial charge in [0.2, 0.25) is 5.91 Å². The lowest BCUT2D eigenvalue weighted by molar-refractivity contribution is -0.153. The van der Waals surface area contributed by atoms with Crippen molar-refractivity contribution in [2.24, 2.45) is 5.92 Å². The van der Waals surface area contributed by atoms with Crippen LogP contribution in [0, 0.1) is 17.2 Å². The van der Waals surface area contributed by atoms with E-state index in [4.69, 9.17) is 4.74 Å². The summed E-state index contributed by atoms with van der Waals surface area (Å²) in [5.74, 6) is -3.78. The van der Waals surface area contributed by atoms with Crippen molar-refractivity contribution >= 4 is 23.5 Å². The molecule has 0 spiro atoms. The van der Waals surface area contributed by atoms with Crippen LogP contribution in [0.3, 0.4) is 0 Å². The Morgan fingerprint density at radius 1 is 1.32 bits per heavy atom. The van der Waals surface area contributed by atoms with Crippen LogP contribution >= 0.6 is 0 Å². The number of aromatic nitrogens is 1. The maximum absolute atomic E-state index is 13.5. The lowest BCUT2D eigenvalue weighted by Gasteiger charge is -2.39. The van der Waals surface area contributed by atoms with E-state index in [0.717, 1.165) is 0 Å². The maximum atomic E-state index is 13.5. The zero-order valence-corrected chi connectivity index (χ0v) is 18.1. The summed E-state index contributed by atoms with van der Waals surface area (Å²) < 4.78 is 6.98. The molecule has 2 heterocycles. The zero-order valence-electron chi connectivity index (χ0n) is 18.1. The minimum absolute atomic E-state index is 0.0325. The van der Waals surface area contributed by atoms with Crippen LogP contribution in [0.1, 0.15) is 56.1 Å². The van der Waals surface area contributed by atoms with Gasteiger partial charge in [-0.3, -0.25) is 14.4 Å². The Kier molecular flexibility index (Phi) is 5.40. The smallest absolute Gasteiger partial charge is 0.317 e. The fourth-order valence-electron chi connectivity index (χ4n) is 4.08. The Morgan fingerprint density at radius 2 is 1.97 bits per heavy atom. The van der Waals surface area contributed by atoms with Gasteiger partial charge in [0, 0.05) is 17.3 Å². The molecule has 1 aliphatic rings. The molecule has 1 aliphatic heterocycles. The van der Waals surface area contributed by atoms with Crippen LogP contribution in [0.15, 0.2) is 30.5 Å². The topological polar surface area (TPSA) is 121 Å². The lowest BCUT2D eigenvalue weighted by atomic mass is 9.66. The maximum Gasteiger partial charge on any atom is 0.317 e. The molecule has 1 aromatic carbocycles. The molecule has 0 bridgehead atoms. The van der Waals surface area contributed by atoms with Crippen molar-refractivity contribution in [2.45, 2.75) is 45.6 Å². The molecule has 0 radical (unpaired) electrons. The Labute approximate surface area is 180 Å². The number of amides is 1. The van der Waals surface area contributed by atoms with Crippen LogP contribution in [-0.4, -0.2) is 33.9 Å².